The fourth-order valence-electron chi connectivity index (χ4n) is 0.562. The molecule has 2 N–H and O–H groups in total. The molecule has 0 radical (unpaired) electrons. The van der Waals surface area contributed by atoms with Gasteiger partial charge in [-0.3, -0.25) is 4.99 Å². The molecule has 1 aliphatic rings. The molecule has 1 rings (SSSR count). The second kappa shape index (κ2) is 3.02. The van der Waals surface area contributed by atoms with E-state index in [4.69, 9.17) is 5.73 Å². The lowest BCUT2D eigenvalue weighted by atomic mass is 10.3. The molecule has 0 aromatic heterocycles. The maximum atomic E-state index is 5.28. The van der Waals surface area contributed by atoms with E-state index in [0.29, 0.717) is 0 Å². The van der Waals surface area contributed by atoms with Crippen LogP contribution in [0.2, 0.25) is 0 Å². The van der Waals surface area contributed by atoms with Crippen LogP contribution in [0.3, 0.4) is 0 Å². The summed E-state index contributed by atoms with van der Waals surface area (Å²) in [5.74, 6) is 0.829. The number of rotatable bonds is 0. The second-order valence-corrected chi connectivity index (χ2v) is 1.48. The van der Waals surface area contributed by atoms with Gasteiger partial charge in [0.15, 0.2) is 0 Å². The van der Waals surface area contributed by atoms with Crippen LogP contribution in [-0.2, 0) is 0 Å². The van der Waals surface area contributed by atoms with Crippen molar-refractivity contribution in [2.75, 3.05) is 6.54 Å². The van der Waals surface area contributed by atoms with Crippen molar-refractivity contribution in [1.82, 2.24) is 0 Å². The van der Waals surface area contributed by atoms with Gasteiger partial charge in [0.2, 0.25) is 0 Å². The van der Waals surface area contributed by atoms with Crippen molar-refractivity contribution in [2.45, 2.75) is 12.8 Å². The molecule has 0 amide bonds. The van der Waals surface area contributed by atoms with Gasteiger partial charge in [0, 0.05) is 13.0 Å². The monoisotopic (exact) mass is 164 g/mol. The highest BCUT2D eigenvalue weighted by Gasteiger charge is 1.97. The third kappa shape index (κ3) is 1.92. The lowest BCUT2D eigenvalue weighted by molar-refractivity contribution is 0.950. The largest absolute Gasteiger partial charge is 0.387 e. The summed E-state index contributed by atoms with van der Waals surface area (Å²) in [4.78, 5) is 3.93. The van der Waals surface area contributed by atoms with Crippen molar-refractivity contribution in [1.29, 1.82) is 0 Å². The summed E-state index contributed by atoms with van der Waals surface area (Å²) >= 11 is 0. The van der Waals surface area contributed by atoms with Crippen LogP contribution in [0.5, 0.6) is 0 Å². The Morgan fingerprint density at radius 3 is 2.43 bits per heavy atom. The topological polar surface area (TPSA) is 38.4 Å². The van der Waals surface area contributed by atoms with Crippen molar-refractivity contribution < 1.29 is 0 Å². The van der Waals surface area contributed by atoms with Crippen LogP contribution in [0.1, 0.15) is 12.8 Å². The first-order valence-corrected chi connectivity index (χ1v) is 2.18. The normalized spacial score (nSPS) is 18.0. The quantitative estimate of drug-likeness (QED) is 0.564. The fourth-order valence-corrected chi connectivity index (χ4v) is 0.562. The third-order valence-corrected chi connectivity index (χ3v) is 0.906. The molecule has 0 aliphatic carbocycles. The highest BCUT2D eigenvalue weighted by molar-refractivity contribution is 8.93. The summed E-state index contributed by atoms with van der Waals surface area (Å²) in [6, 6.07) is 0. The van der Waals surface area contributed by atoms with Gasteiger partial charge in [0.05, 0.1) is 5.84 Å². The lowest BCUT2D eigenvalue weighted by Gasteiger charge is -1.78. The number of hydrogen-bond acceptors (Lipinski definition) is 2. The molecule has 0 unspecified atom stereocenters. The highest BCUT2D eigenvalue weighted by atomic mass is 79.9. The van der Waals surface area contributed by atoms with Gasteiger partial charge < -0.3 is 5.73 Å². The molecule has 0 aromatic carbocycles. The van der Waals surface area contributed by atoms with Crippen molar-refractivity contribution in [3.05, 3.63) is 0 Å². The van der Waals surface area contributed by atoms with Gasteiger partial charge in [-0.1, -0.05) is 0 Å². The molecule has 7 heavy (non-hydrogen) atoms. The number of amidine groups is 1. The maximum Gasteiger partial charge on any atom is 0.0937 e. The van der Waals surface area contributed by atoms with Crippen LogP contribution < -0.4 is 5.73 Å². The van der Waals surface area contributed by atoms with Crippen LogP contribution in [0, 0.1) is 0 Å². The molecule has 0 bridgehead atoms. The predicted molar refractivity (Wildman–Crippen MR) is 36.0 cm³/mol. The zero-order chi connectivity index (χ0) is 4.41. The molecule has 3 heteroatoms. The average Bonchev–Trinajstić information content (AvgIpc) is 1.86. The van der Waals surface area contributed by atoms with Gasteiger partial charge >= 0.3 is 0 Å². The number of nitrogens with zero attached hydrogens (tertiary/aromatic N) is 1. The van der Waals surface area contributed by atoms with E-state index in [9.17, 15) is 0 Å². The molecular formula is C4H9BrN2. The lowest BCUT2D eigenvalue weighted by Crippen LogP contribution is -2.05. The number of halogens is 1. The van der Waals surface area contributed by atoms with Gasteiger partial charge in [-0.2, -0.15) is 0 Å². The molecule has 1 heterocycles. The van der Waals surface area contributed by atoms with E-state index in [2.05, 4.69) is 4.99 Å². The molecule has 0 saturated heterocycles. The van der Waals surface area contributed by atoms with Crippen molar-refractivity contribution in [2.24, 2.45) is 10.7 Å². The van der Waals surface area contributed by atoms with Crippen molar-refractivity contribution in [3.8, 4) is 0 Å². The minimum absolute atomic E-state index is 0. The first-order chi connectivity index (χ1) is 2.89. The van der Waals surface area contributed by atoms with Gasteiger partial charge in [-0.05, 0) is 6.42 Å². The SMILES string of the molecule is Br.NC1=NCCC1. The minimum Gasteiger partial charge on any atom is -0.387 e. The first-order valence-electron chi connectivity index (χ1n) is 2.18. The van der Waals surface area contributed by atoms with Crippen LogP contribution in [-0.4, -0.2) is 12.4 Å². The van der Waals surface area contributed by atoms with E-state index in [-0.39, 0.29) is 17.0 Å². The van der Waals surface area contributed by atoms with E-state index in [1.54, 1.807) is 0 Å². The molecule has 0 spiro atoms. The maximum absolute atomic E-state index is 5.28. The van der Waals surface area contributed by atoms with Crippen LogP contribution in [0.4, 0.5) is 0 Å². The van der Waals surface area contributed by atoms with E-state index in [0.717, 1.165) is 25.2 Å². The summed E-state index contributed by atoms with van der Waals surface area (Å²) in [7, 11) is 0. The Bertz CT molecular complexity index is 79.8. The zero-order valence-corrected chi connectivity index (χ0v) is 5.77. The van der Waals surface area contributed by atoms with Gasteiger partial charge in [-0.25, -0.2) is 0 Å². The molecule has 0 atom stereocenters. The number of hydrogen-bond donors (Lipinski definition) is 1. The van der Waals surface area contributed by atoms with E-state index >= 15 is 0 Å². The molecule has 0 saturated carbocycles. The average molecular weight is 165 g/mol. The molecular weight excluding hydrogens is 156 g/mol. The summed E-state index contributed by atoms with van der Waals surface area (Å²) < 4.78 is 0. The number of nitrogens with two attached hydrogens (primary N) is 1. The standard InChI is InChI=1S/C4H8N2.BrH/c5-4-2-1-3-6-4;/h1-3H2,(H2,5,6);1H. The van der Waals surface area contributed by atoms with Gasteiger partial charge in [0.25, 0.3) is 0 Å². The van der Waals surface area contributed by atoms with Crippen LogP contribution in [0.15, 0.2) is 4.99 Å². The fraction of sp³-hybridized carbons (Fsp3) is 0.750. The Morgan fingerprint density at radius 1 is 1.57 bits per heavy atom. The van der Waals surface area contributed by atoms with Crippen molar-refractivity contribution >= 4 is 22.8 Å². The Balaban J connectivity index is 0.000000360. The van der Waals surface area contributed by atoms with E-state index in [1.807, 2.05) is 0 Å². The smallest absolute Gasteiger partial charge is 0.0937 e. The second-order valence-electron chi connectivity index (χ2n) is 1.48. The van der Waals surface area contributed by atoms with E-state index < -0.39 is 0 Å². The predicted octanol–water partition coefficient (Wildman–Crippen LogP) is 0.715. The van der Waals surface area contributed by atoms with Crippen molar-refractivity contribution in [3.63, 3.8) is 0 Å². The highest BCUT2D eigenvalue weighted by Crippen LogP contribution is 1.97. The molecule has 2 nitrogen and oxygen atoms in total. The Labute approximate surface area is 53.6 Å². The van der Waals surface area contributed by atoms with E-state index in [1.165, 1.54) is 0 Å². The van der Waals surface area contributed by atoms with Crippen LogP contribution in [0.25, 0.3) is 0 Å². The Morgan fingerprint density at radius 2 is 2.29 bits per heavy atom. The molecule has 1 aliphatic heterocycles. The third-order valence-electron chi connectivity index (χ3n) is 0.906. The molecule has 0 aromatic rings. The molecule has 42 valence electrons. The Hall–Kier alpha value is -0.0500. The van der Waals surface area contributed by atoms with Gasteiger partial charge in [0.1, 0.15) is 0 Å². The summed E-state index contributed by atoms with van der Waals surface area (Å²) in [6.07, 6.45) is 2.17. The molecule has 0 fully saturated rings. The Kier molecular flexibility index (Phi) is 3.00. The minimum atomic E-state index is 0. The first kappa shape index (κ1) is 6.95. The van der Waals surface area contributed by atoms with Crippen LogP contribution >= 0.6 is 17.0 Å². The summed E-state index contributed by atoms with van der Waals surface area (Å²) in [5.41, 5.74) is 5.28. The van der Waals surface area contributed by atoms with Gasteiger partial charge in [-0.15, -0.1) is 17.0 Å². The summed E-state index contributed by atoms with van der Waals surface area (Å²) in [5, 5.41) is 0. The zero-order valence-electron chi connectivity index (χ0n) is 4.05. The summed E-state index contributed by atoms with van der Waals surface area (Å²) in [6.45, 7) is 0.950. The number of aliphatic imine (C=N–C) groups is 1.